The van der Waals surface area contributed by atoms with Gasteiger partial charge in [-0.2, -0.15) is 0 Å². The van der Waals surface area contributed by atoms with Crippen LogP contribution in [0.2, 0.25) is 0 Å². The van der Waals surface area contributed by atoms with Gasteiger partial charge < -0.3 is 15.2 Å². The smallest absolute Gasteiger partial charge is 0.145 e. The third-order valence-electron chi connectivity index (χ3n) is 2.43. The summed E-state index contributed by atoms with van der Waals surface area (Å²) in [5.74, 6) is 2.19. The van der Waals surface area contributed by atoms with E-state index >= 15 is 0 Å². The molecule has 2 rings (SSSR count). The molecule has 3 heteroatoms. The van der Waals surface area contributed by atoms with E-state index < -0.39 is 0 Å². The summed E-state index contributed by atoms with van der Waals surface area (Å²) in [6.45, 7) is 2.71. The molecule has 0 unspecified atom stereocenters. The minimum Gasteiger partial charge on any atom is -0.491 e. The molecule has 2 N–H and O–H groups in total. The molecule has 94 valence electrons. The molecule has 0 aliphatic carbocycles. The first kappa shape index (κ1) is 12.3. The standard InChI is InChI=1S/C15H17NO2/c1-2-10-17-15-11-13(8-9-14(15)16)18-12-6-4-3-5-7-12/h3-9,11H,2,10,16H2,1H3. The van der Waals surface area contributed by atoms with Crippen LogP contribution in [0.25, 0.3) is 0 Å². The van der Waals surface area contributed by atoms with Gasteiger partial charge in [0.1, 0.15) is 17.2 Å². The van der Waals surface area contributed by atoms with E-state index in [0.717, 1.165) is 17.9 Å². The summed E-state index contributed by atoms with van der Waals surface area (Å²) < 4.78 is 11.3. The van der Waals surface area contributed by atoms with Crippen molar-refractivity contribution in [2.75, 3.05) is 12.3 Å². The molecule has 0 radical (unpaired) electrons. The predicted molar refractivity (Wildman–Crippen MR) is 73.2 cm³/mol. The van der Waals surface area contributed by atoms with Crippen molar-refractivity contribution in [1.82, 2.24) is 0 Å². The second kappa shape index (κ2) is 5.96. The molecule has 0 fully saturated rings. The lowest BCUT2D eigenvalue weighted by Gasteiger charge is -2.11. The van der Waals surface area contributed by atoms with Gasteiger partial charge >= 0.3 is 0 Å². The summed E-state index contributed by atoms with van der Waals surface area (Å²) in [6, 6.07) is 15.1. The number of anilines is 1. The zero-order chi connectivity index (χ0) is 12.8. The molecule has 0 spiro atoms. The Hall–Kier alpha value is -2.16. The first-order valence-electron chi connectivity index (χ1n) is 6.05. The van der Waals surface area contributed by atoms with Gasteiger partial charge in [-0.3, -0.25) is 0 Å². The van der Waals surface area contributed by atoms with E-state index in [4.69, 9.17) is 15.2 Å². The number of nitrogen functional groups attached to an aromatic ring is 1. The number of hydrogen-bond donors (Lipinski definition) is 1. The van der Waals surface area contributed by atoms with Crippen LogP contribution in [0.3, 0.4) is 0 Å². The average molecular weight is 243 g/mol. The summed E-state index contributed by atoms with van der Waals surface area (Å²) in [7, 11) is 0. The van der Waals surface area contributed by atoms with Crippen molar-refractivity contribution in [1.29, 1.82) is 0 Å². The van der Waals surface area contributed by atoms with Crippen LogP contribution in [0.15, 0.2) is 48.5 Å². The van der Waals surface area contributed by atoms with Crippen LogP contribution in [-0.4, -0.2) is 6.61 Å². The van der Waals surface area contributed by atoms with Crippen LogP contribution >= 0.6 is 0 Å². The van der Waals surface area contributed by atoms with Gasteiger partial charge in [0.15, 0.2) is 0 Å². The molecular weight excluding hydrogens is 226 g/mol. The maximum absolute atomic E-state index is 5.84. The summed E-state index contributed by atoms with van der Waals surface area (Å²) in [4.78, 5) is 0. The fourth-order valence-electron chi connectivity index (χ4n) is 1.54. The van der Waals surface area contributed by atoms with Gasteiger partial charge in [0.2, 0.25) is 0 Å². The zero-order valence-electron chi connectivity index (χ0n) is 10.4. The van der Waals surface area contributed by atoms with Crippen molar-refractivity contribution < 1.29 is 9.47 Å². The van der Waals surface area contributed by atoms with E-state index in [-0.39, 0.29) is 0 Å². The van der Waals surface area contributed by atoms with Crippen molar-refractivity contribution in [3.05, 3.63) is 48.5 Å². The van der Waals surface area contributed by atoms with E-state index in [1.807, 2.05) is 42.5 Å². The van der Waals surface area contributed by atoms with E-state index in [2.05, 4.69) is 6.92 Å². The highest BCUT2D eigenvalue weighted by atomic mass is 16.5. The van der Waals surface area contributed by atoms with E-state index in [0.29, 0.717) is 18.0 Å². The molecular formula is C15H17NO2. The Morgan fingerprint density at radius 2 is 1.78 bits per heavy atom. The maximum Gasteiger partial charge on any atom is 0.145 e. The fourth-order valence-corrected chi connectivity index (χ4v) is 1.54. The Morgan fingerprint density at radius 3 is 2.50 bits per heavy atom. The minimum atomic E-state index is 0.629. The zero-order valence-corrected chi connectivity index (χ0v) is 10.4. The Kier molecular flexibility index (Phi) is 4.07. The lowest BCUT2D eigenvalue weighted by Crippen LogP contribution is -1.99. The molecule has 3 nitrogen and oxygen atoms in total. The lowest BCUT2D eigenvalue weighted by molar-refractivity contribution is 0.317. The monoisotopic (exact) mass is 243 g/mol. The predicted octanol–water partition coefficient (Wildman–Crippen LogP) is 3.85. The number of hydrogen-bond acceptors (Lipinski definition) is 3. The highest BCUT2D eigenvalue weighted by Gasteiger charge is 2.03. The number of benzene rings is 2. The summed E-state index contributed by atoms with van der Waals surface area (Å²) >= 11 is 0. The third kappa shape index (κ3) is 3.17. The molecule has 2 aromatic rings. The van der Waals surface area contributed by atoms with Gasteiger partial charge in [-0.1, -0.05) is 25.1 Å². The molecule has 0 saturated carbocycles. The van der Waals surface area contributed by atoms with Crippen LogP contribution < -0.4 is 15.2 Å². The van der Waals surface area contributed by atoms with Gasteiger partial charge in [0.05, 0.1) is 12.3 Å². The van der Waals surface area contributed by atoms with Gasteiger partial charge in [-0.05, 0) is 30.7 Å². The van der Waals surface area contributed by atoms with E-state index in [9.17, 15) is 0 Å². The second-order valence-corrected chi connectivity index (χ2v) is 3.96. The Morgan fingerprint density at radius 1 is 1.00 bits per heavy atom. The SMILES string of the molecule is CCCOc1cc(Oc2ccccc2)ccc1N. The van der Waals surface area contributed by atoms with Crippen molar-refractivity contribution in [3.8, 4) is 17.2 Å². The molecule has 0 amide bonds. The minimum absolute atomic E-state index is 0.629. The fraction of sp³-hybridized carbons (Fsp3) is 0.200. The van der Waals surface area contributed by atoms with Crippen LogP contribution in [0, 0.1) is 0 Å². The Labute approximate surface area is 107 Å². The van der Waals surface area contributed by atoms with Gasteiger partial charge in [-0.15, -0.1) is 0 Å². The molecule has 0 aliphatic rings. The van der Waals surface area contributed by atoms with Gasteiger partial charge in [0, 0.05) is 6.07 Å². The van der Waals surface area contributed by atoms with Gasteiger partial charge in [-0.25, -0.2) is 0 Å². The maximum atomic E-state index is 5.84. The average Bonchev–Trinajstić information content (AvgIpc) is 2.40. The summed E-state index contributed by atoms with van der Waals surface area (Å²) in [5, 5.41) is 0. The molecule has 0 aliphatic heterocycles. The molecule has 0 bridgehead atoms. The number of para-hydroxylation sites is 1. The van der Waals surface area contributed by atoms with Crippen LogP contribution in [-0.2, 0) is 0 Å². The molecule has 0 saturated heterocycles. The van der Waals surface area contributed by atoms with Crippen molar-refractivity contribution >= 4 is 5.69 Å². The number of rotatable bonds is 5. The molecule has 18 heavy (non-hydrogen) atoms. The molecule has 2 aromatic carbocycles. The first-order valence-corrected chi connectivity index (χ1v) is 6.05. The molecule has 0 heterocycles. The Bertz CT molecular complexity index is 497. The number of ether oxygens (including phenoxy) is 2. The third-order valence-corrected chi connectivity index (χ3v) is 2.43. The van der Waals surface area contributed by atoms with Crippen LogP contribution in [0.4, 0.5) is 5.69 Å². The molecule has 0 aromatic heterocycles. The Balaban J connectivity index is 2.14. The van der Waals surface area contributed by atoms with Crippen molar-refractivity contribution in [3.63, 3.8) is 0 Å². The highest BCUT2D eigenvalue weighted by Crippen LogP contribution is 2.29. The lowest BCUT2D eigenvalue weighted by atomic mass is 10.2. The van der Waals surface area contributed by atoms with Crippen molar-refractivity contribution in [2.45, 2.75) is 13.3 Å². The summed E-state index contributed by atoms with van der Waals surface area (Å²) in [5.41, 5.74) is 6.47. The van der Waals surface area contributed by atoms with Crippen molar-refractivity contribution in [2.24, 2.45) is 0 Å². The van der Waals surface area contributed by atoms with Crippen LogP contribution in [0.1, 0.15) is 13.3 Å². The van der Waals surface area contributed by atoms with Gasteiger partial charge in [0.25, 0.3) is 0 Å². The number of nitrogens with two attached hydrogens (primary N) is 1. The topological polar surface area (TPSA) is 44.5 Å². The highest BCUT2D eigenvalue weighted by molar-refractivity contribution is 5.56. The molecule has 0 atom stereocenters. The van der Waals surface area contributed by atoms with Crippen LogP contribution in [0.5, 0.6) is 17.2 Å². The first-order chi connectivity index (χ1) is 8.79. The normalized spacial score (nSPS) is 10.1. The van der Waals surface area contributed by atoms with E-state index in [1.165, 1.54) is 0 Å². The largest absolute Gasteiger partial charge is 0.491 e. The quantitative estimate of drug-likeness (QED) is 0.811. The summed E-state index contributed by atoms with van der Waals surface area (Å²) in [6.07, 6.45) is 0.948. The van der Waals surface area contributed by atoms with E-state index in [1.54, 1.807) is 6.07 Å². The second-order valence-electron chi connectivity index (χ2n) is 3.96.